The predicted octanol–water partition coefficient (Wildman–Crippen LogP) is 0.542. The van der Waals surface area contributed by atoms with E-state index in [0.29, 0.717) is 24.7 Å². The number of amides is 2. The van der Waals surface area contributed by atoms with E-state index in [1.807, 2.05) is 6.92 Å². The Balaban J connectivity index is 2.04. The molecule has 20 heavy (non-hydrogen) atoms. The highest BCUT2D eigenvalue weighted by Crippen LogP contribution is 2.23. The van der Waals surface area contributed by atoms with Gasteiger partial charge in [0.2, 0.25) is 0 Å². The van der Waals surface area contributed by atoms with Crippen molar-refractivity contribution in [3.05, 3.63) is 12.2 Å². The fourth-order valence-corrected chi connectivity index (χ4v) is 2.42. The summed E-state index contributed by atoms with van der Waals surface area (Å²) in [4.78, 5) is 30.5. The molecule has 8 heteroatoms. The number of carboxylic acids is 1. The number of carbonyl (C=O) groups is 2. The van der Waals surface area contributed by atoms with E-state index in [1.54, 1.807) is 7.05 Å². The van der Waals surface area contributed by atoms with Crippen LogP contribution < -0.4 is 0 Å². The van der Waals surface area contributed by atoms with Crippen molar-refractivity contribution in [2.24, 2.45) is 5.92 Å². The number of carbonyl (C=O) groups excluding carboxylic acids is 1. The molecule has 1 saturated heterocycles. The zero-order valence-electron chi connectivity index (χ0n) is 11.6. The van der Waals surface area contributed by atoms with Crippen molar-refractivity contribution >= 4 is 12.0 Å². The van der Waals surface area contributed by atoms with Crippen LogP contribution in [-0.4, -0.2) is 61.7 Å². The Bertz CT molecular complexity index is 475. The van der Waals surface area contributed by atoms with Gasteiger partial charge in [-0.3, -0.25) is 5.10 Å². The first kappa shape index (κ1) is 14.3. The van der Waals surface area contributed by atoms with Crippen LogP contribution in [0.3, 0.4) is 0 Å². The molecule has 0 bridgehead atoms. The number of nitrogens with zero attached hydrogens (tertiary/aromatic N) is 4. The molecule has 0 radical (unpaired) electrons. The monoisotopic (exact) mass is 281 g/mol. The number of hydrogen-bond donors (Lipinski definition) is 2. The van der Waals surface area contributed by atoms with Crippen LogP contribution >= 0.6 is 0 Å². The molecular weight excluding hydrogens is 262 g/mol. The fourth-order valence-electron chi connectivity index (χ4n) is 2.42. The summed E-state index contributed by atoms with van der Waals surface area (Å²) in [5, 5.41) is 15.7. The highest BCUT2D eigenvalue weighted by Gasteiger charge is 2.36. The van der Waals surface area contributed by atoms with Crippen LogP contribution in [0.4, 0.5) is 4.79 Å². The molecular formula is C12H19N5O3. The zero-order valence-corrected chi connectivity index (χ0v) is 11.6. The van der Waals surface area contributed by atoms with E-state index in [9.17, 15) is 14.7 Å². The zero-order chi connectivity index (χ0) is 14.7. The molecule has 1 aliphatic rings. The van der Waals surface area contributed by atoms with E-state index in [1.165, 1.54) is 16.1 Å². The second-order valence-corrected chi connectivity index (χ2v) is 5.25. The SMILES string of the molecule is CC1CCN(C(=O)N(C)Cc2ncn[nH]2)C(C(=O)O)C1. The van der Waals surface area contributed by atoms with Gasteiger partial charge < -0.3 is 14.9 Å². The van der Waals surface area contributed by atoms with E-state index in [0.717, 1.165) is 6.42 Å². The highest BCUT2D eigenvalue weighted by molar-refractivity contribution is 5.82. The van der Waals surface area contributed by atoms with Gasteiger partial charge in [0.1, 0.15) is 18.2 Å². The van der Waals surface area contributed by atoms with E-state index in [2.05, 4.69) is 15.2 Å². The van der Waals surface area contributed by atoms with Gasteiger partial charge >= 0.3 is 12.0 Å². The molecule has 2 atom stereocenters. The largest absolute Gasteiger partial charge is 0.480 e. The number of rotatable bonds is 3. The Morgan fingerprint density at radius 3 is 2.95 bits per heavy atom. The predicted molar refractivity (Wildman–Crippen MR) is 69.8 cm³/mol. The van der Waals surface area contributed by atoms with Gasteiger partial charge in [-0.1, -0.05) is 6.92 Å². The maximum atomic E-state index is 12.4. The summed E-state index contributed by atoms with van der Waals surface area (Å²) < 4.78 is 0. The number of aromatic nitrogens is 3. The van der Waals surface area contributed by atoms with Gasteiger partial charge in [-0.15, -0.1) is 0 Å². The second-order valence-electron chi connectivity index (χ2n) is 5.25. The average molecular weight is 281 g/mol. The Morgan fingerprint density at radius 1 is 1.60 bits per heavy atom. The number of nitrogens with one attached hydrogen (secondary N) is 1. The smallest absolute Gasteiger partial charge is 0.326 e. The van der Waals surface area contributed by atoms with E-state index in [4.69, 9.17) is 0 Å². The van der Waals surface area contributed by atoms with Crippen molar-refractivity contribution in [2.75, 3.05) is 13.6 Å². The Hall–Kier alpha value is -2.12. The van der Waals surface area contributed by atoms with E-state index in [-0.39, 0.29) is 12.6 Å². The molecule has 0 aliphatic carbocycles. The number of hydrogen-bond acceptors (Lipinski definition) is 4. The first-order valence-corrected chi connectivity index (χ1v) is 6.57. The minimum absolute atomic E-state index is 0.275. The molecule has 1 aromatic rings. The third-order valence-electron chi connectivity index (χ3n) is 3.57. The molecule has 2 amide bonds. The average Bonchev–Trinajstić information content (AvgIpc) is 2.90. The lowest BCUT2D eigenvalue weighted by Gasteiger charge is -2.37. The molecule has 0 aromatic carbocycles. The molecule has 8 nitrogen and oxygen atoms in total. The summed E-state index contributed by atoms with van der Waals surface area (Å²) in [5.74, 6) is -0.0594. The van der Waals surface area contributed by atoms with Crippen molar-refractivity contribution in [1.82, 2.24) is 25.0 Å². The van der Waals surface area contributed by atoms with Crippen molar-refractivity contribution in [2.45, 2.75) is 32.4 Å². The minimum Gasteiger partial charge on any atom is -0.480 e. The maximum absolute atomic E-state index is 12.4. The van der Waals surface area contributed by atoms with Crippen LogP contribution in [0.2, 0.25) is 0 Å². The first-order valence-electron chi connectivity index (χ1n) is 6.57. The third-order valence-corrected chi connectivity index (χ3v) is 3.57. The number of piperidine rings is 1. The Morgan fingerprint density at radius 2 is 2.35 bits per heavy atom. The number of likely N-dealkylation sites (tertiary alicyclic amines) is 1. The molecule has 2 rings (SSSR count). The Labute approximate surface area is 116 Å². The number of aliphatic carboxylic acids is 1. The van der Waals surface area contributed by atoms with Crippen LogP contribution in [0.1, 0.15) is 25.6 Å². The third kappa shape index (κ3) is 3.06. The van der Waals surface area contributed by atoms with Gasteiger partial charge in [0.25, 0.3) is 0 Å². The van der Waals surface area contributed by atoms with Gasteiger partial charge in [0.05, 0.1) is 6.54 Å². The summed E-state index contributed by atoms with van der Waals surface area (Å²) in [6.45, 7) is 2.75. The molecule has 2 heterocycles. The van der Waals surface area contributed by atoms with Crippen molar-refractivity contribution in [3.63, 3.8) is 0 Å². The van der Waals surface area contributed by atoms with Crippen LogP contribution in [0.15, 0.2) is 6.33 Å². The number of carboxylic acid groups (broad SMARTS) is 1. The van der Waals surface area contributed by atoms with Gasteiger partial charge in [0.15, 0.2) is 0 Å². The second kappa shape index (κ2) is 5.89. The molecule has 1 aliphatic heterocycles. The normalized spacial score (nSPS) is 22.6. The first-order chi connectivity index (χ1) is 9.49. The van der Waals surface area contributed by atoms with Crippen LogP contribution in [-0.2, 0) is 11.3 Å². The molecule has 1 fully saturated rings. The highest BCUT2D eigenvalue weighted by atomic mass is 16.4. The molecule has 1 aromatic heterocycles. The van der Waals surface area contributed by atoms with Crippen LogP contribution in [0, 0.1) is 5.92 Å². The minimum atomic E-state index is -0.946. The molecule has 0 saturated carbocycles. The van der Waals surface area contributed by atoms with Gasteiger partial charge in [-0.2, -0.15) is 5.10 Å². The lowest BCUT2D eigenvalue weighted by molar-refractivity contribution is -0.144. The lowest BCUT2D eigenvalue weighted by Crippen LogP contribution is -2.53. The van der Waals surface area contributed by atoms with Crippen LogP contribution in [0.5, 0.6) is 0 Å². The Kier molecular flexibility index (Phi) is 4.21. The van der Waals surface area contributed by atoms with Crippen LogP contribution in [0.25, 0.3) is 0 Å². The van der Waals surface area contributed by atoms with Gasteiger partial charge in [-0.05, 0) is 18.8 Å². The topological polar surface area (TPSA) is 102 Å². The van der Waals surface area contributed by atoms with Crippen molar-refractivity contribution in [1.29, 1.82) is 0 Å². The van der Waals surface area contributed by atoms with Crippen molar-refractivity contribution < 1.29 is 14.7 Å². The molecule has 2 unspecified atom stereocenters. The van der Waals surface area contributed by atoms with Gasteiger partial charge in [-0.25, -0.2) is 14.6 Å². The summed E-state index contributed by atoms with van der Waals surface area (Å²) in [7, 11) is 1.63. The number of urea groups is 1. The van der Waals surface area contributed by atoms with Gasteiger partial charge in [0, 0.05) is 13.6 Å². The quantitative estimate of drug-likeness (QED) is 0.842. The summed E-state index contributed by atoms with van der Waals surface area (Å²) in [6, 6.07) is -1.04. The number of aromatic amines is 1. The van der Waals surface area contributed by atoms with Crippen molar-refractivity contribution in [3.8, 4) is 0 Å². The molecule has 2 N–H and O–H groups in total. The number of H-pyrrole nitrogens is 1. The van der Waals surface area contributed by atoms with E-state index < -0.39 is 12.0 Å². The maximum Gasteiger partial charge on any atom is 0.326 e. The summed E-state index contributed by atoms with van der Waals surface area (Å²) in [6.07, 6.45) is 2.69. The summed E-state index contributed by atoms with van der Waals surface area (Å²) in [5.41, 5.74) is 0. The lowest BCUT2D eigenvalue weighted by atomic mass is 9.93. The molecule has 0 spiro atoms. The summed E-state index contributed by atoms with van der Waals surface area (Å²) >= 11 is 0. The standard InChI is InChI=1S/C12H19N5O3/c1-8-3-4-17(9(5-8)11(18)19)12(20)16(2)6-10-13-7-14-15-10/h7-9H,3-6H2,1-2H3,(H,18,19)(H,13,14,15). The van der Waals surface area contributed by atoms with E-state index >= 15 is 0 Å². The molecule has 110 valence electrons. The fraction of sp³-hybridized carbons (Fsp3) is 0.667.